The molecule has 1 amide bonds. The highest BCUT2D eigenvalue weighted by molar-refractivity contribution is 7.99. The Labute approximate surface area is 164 Å². The fourth-order valence-corrected chi connectivity index (χ4v) is 3.23. The summed E-state index contributed by atoms with van der Waals surface area (Å²) in [6, 6.07) is 9.64. The predicted molar refractivity (Wildman–Crippen MR) is 102 cm³/mol. The largest absolute Gasteiger partial charge is 0.495 e. The second-order valence-corrected chi connectivity index (χ2v) is 6.65. The third kappa shape index (κ3) is 6.48. The molecule has 1 N–H and O–H groups in total. The van der Waals surface area contributed by atoms with Crippen LogP contribution in [0.2, 0.25) is 5.02 Å². The van der Waals surface area contributed by atoms with E-state index in [4.69, 9.17) is 21.1 Å². The van der Waals surface area contributed by atoms with Gasteiger partial charge in [-0.05, 0) is 35.9 Å². The molecule has 0 heterocycles. The monoisotopic (exact) mass is 417 g/mol. The van der Waals surface area contributed by atoms with Gasteiger partial charge in [-0.25, -0.2) is 0 Å². The Morgan fingerprint density at radius 1 is 1.11 bits per heavy atom. The molecule has 27 heavy (non-hydrogen) atoms. The van der Waals surface area contributed by atoms with E-state index in [1.807, 2.05) is 0 Å². The summed E-state index contributed by atoms with van der Waals surface area (Å²) in [5.74, 6) is 1.23. The first-order chi connectivity index (χ1) is 12.9. The summed E-state index contributed by atoms with van der Waals surface area (Å²) in [7, 11) is 2.88. The van der Waals surface area contributed by atoms with Crippen molar-refractivity contribution >= 4 is 35.0 Å². The van der Waals surface area contributed by atoms with Crippen LogP contribution in [0.5, 0.6) is 17.2 Å². The van der Waals surface area contributed by atoms with Crippen molar-refractivity contribution in [1.29, 1.82) is 0 Å². The first-order valence-electron chi connectivity index (χ1n) is 7.75. The number of amides is 1. The van der Waals surface area contributed by atoms with Gasteiger partial charge in [0.25, 0.3) is 0 Å². The SMILES string of the molecule is COc1ccc(NC(=O)CSCc2ccc(OC(F)F)c(OC)c2)cc1Cl. The highest BCUT2D eigenvalue weighted by atomic mass is 35.5. The molecule has 0 bridgehead atoms. The molecule has 9 heteroatoms. The molecule has 2 aromatic carbocycles. The second-order valence-electron chi connectivity index (χ2n) is 5.25. The Morgan fingerprint density at radius 2 is 1.81 bits per heavy atom. The number of nitrogens with one attached hydrogen (secondary N) is 1. The van der Waals surface area contributed by atoms with Gasteiger partial charge in [0.15, 0.2) is 11.5 Å². The molecule has 5 nitrogen and oxygen atoms in total. The minimum atomic E-state index is -2.92. The van der Waals surface area contributed by atoms with E-state index in [-0.39, 0.29) is 23.2 Å². The van der Waals surface area contributed by atoms with Gasteiger partial charge in [-0.15, -0.1) is 11.8 Å². The molecule has 2 rings (SSSR count). The third-order valence-corrected chi connectivity index (χ3v) is 4.68. The van der Waals surface area contributed by atoms with Crippen LogP contribution in [0.1, 0.15) is 5.56 Å². The Hall–Kier alpha value is -2.19. The lowest BCUT2D eigenvalue weighted by molar-refractivity contribution is -0.113. The first-order valence-corrected chi connectivity index (χ1v) is 9.29. The zero-order valence-corrected chi connectivity index (χ0v) is 16.2. The molecule has 0 unspecified atom stereocenters. The zero-order valence-electron chi connectivity index (χ0n) is 14.6. The summed E-state index contributed by atoms with van der Waals surface area (Å²) in [5.41, 5.74) is 1.39. The topological polar surface area (TPSA) is 56.8 Å². The van der Waals surface area contributed by atoms with E-state index in [1.165, 1.54) is 32.0 Å². The van der Waals surface area contributed by atoms with Crippen LogP contribution in [0.3, 0.4) is 0 Å². The number of hydrogen-bond donors (Lipinski definition) is 1. The van der Waals surface area contributed by atoms with Crippen LogP contribution < -0.4 is 19.5 Å². The summed E-state index contributed by atoms with van der Waals surface area (Å²) in [6.07, 6.45) is 0. The summed E-state index contributed by atoms with van der Waals surface area (Å²) >= 11 is 7.39. The molecular formula is C18H18ClF2NO4S. The van der Waals surface area contributed by atoms with Gasteiger partial charge in [-0.2, -0.15) is 8.78 Å². The average Bonchev–Trinajstić information content (AvgIpc) is 2.62. The summed E-state index contributed by atoms with van der Waals surface area (Å²) in [6.45, 7) is -2.92. The Bertz CT molecular complexity index is 792. The predicted octanol–water partition coefficient (Wildman–Crippen LogP) is 4.83. The molecule has 0 atom stereocenters. The lowest BCUT2D eigenvalue weighted by Gasteiger charge is -2.11. The number of methoxy groups -OCH3 is 2. The number of thioether (sulfide) groups is 1. The van der Waals surface area contributed by atoms with Gasteiger partial charge in [0, 0.05) is 11.4 Å². The van der Waals surface area contributed by atoms with Gasteiger partial charge >= 0.3 is 6.61 Å². The molecule has 146 valence electrons. The molecule has 0 radical (unpaired) electrons. The van der Waals surface area contributed by atoms with Crippen molar-refractivity contribution in [2.45, 2.75) is 12.4 Å². The quantitative estimate of drug-likeness (QED) is 0.633. The lowest BCUT2D eigenvalue weighted by Crippen LogP contribution is -2.14. The summed E-state index contributed by atoms with van der Waals surface area (Å²) in [5, 5.41) is 3.15. The number of carbonyl (C=O) groups is 1. The number of rotatable bonds is 9. The van der Waals surface area contributed by atoms with Crippen LogP contribution >= 0.6 is 23.4 Å². The Morgan fingerprint density at radius 3 is 2.44 bits per heavy atom. The molecule has 2 aromatic rings. The minimum Gasteiger partial charge on any atom is -0.495 e. The molecule has 0 fully saturated rings. The van der Waals surface area contributed by atoms with Crippen molar-refractivity contribution in [2.75, 3.05) is 25.3 Å². The Balaban J connectivity index is 1.86. The highest BCUT2D eigenvalue weighted by Gasteiger charge is 2.12. The van der Waals surface area contributed by atoms with Gasteiger partial charge in [0.1, 0.15) is 5.75 Å². The standard InChI is InChI=1S/C18H18ClF2NO4S/c1-24-14-6-4-12(8-13(14)19)22-17(23)10-27-9-11-3-5-15(26-18(20)21)16(7-11)25-2/h3-8,18H,9-10H2,1-2H3,(H,22,23). The van der Waals surface area contributed by atoms with Crippen LogP contribution in [0.15, 0.2) is 36.4 Å². The minimum absolute atomic E-state index is 0.0321. The molecular weight excluding hydrogens is 400 g/mol. The van der Waals surface area contributed by atoms with Gasteiger partial charge in [-0.1, -0.05) is 17.7 Å². The van der Waals surface area contributed by atoms with Crippen LogP contribution in [-0.2, 0) is 10.5 Å². The highest BCUT2D eigenvalue weighted by Crippen LogP contribution is 2.31. The van der Waals surface area contributed by atoms with Crippen molar-refractivity contribution < 1.29 is 27.8 Å². The molecule has 0 saturated heterocycles. The zero-order chi connectivity index (χ0) is 19.8. The van der Waals surface area contributed by atoms with Crippen LogP contribution in [0, 0.1) is 0 Å². The maximum Gasteiger partial charge on any atom is 0.387 e. The van der Waals surface area contributed by atoms with Gasteiger partial charge < -0.3 is 19.5 Å². The number of anilines is 1. The number of carbonyl (C=O) groups excluding carboxylic acids is 1. The second kappa shape index (κ2) is 10.2. The maximum absolute atomic E-state index is 12.3. The number of ether oxygens (including phenoxy) is 3. The van der Waals surface area contributed by atoms with E-state index in [2.05, 4.69) is 10.1 Å². The van der Waals surface area contributed by atoms with Gasteiger partial charge in [0.2, 0.25) is 5.91 Å². The normalized spacial score (nSPS) is 10.6. The Kier molecular flexibility index (Phi) is 7.99. The van der Waals surface area contributed by atoms with Crippen molar-refractivity contribution in [1.82, 2.24) is 0 Å². The number of benzene rings is 2. The number of hydrogen-bond acceptors (Lipinski definition) is 5. The van der Waals surface area contributed by atoms with Crippen molar-refractivity contribution in [2.24, 2.45) is 0 Å². The van der Waals surface area contributed by atoms with Gasteiger partial charge in [0.05, 0.1) is 25.0 Å². The third-order valence-electron chi connectivity index (χ3n) is 3.38. The van der Waals surface area contributed by atoms with E-state index >= 15 is 0 Å². The fourth-order valence-electron chi connectivity index (χ4n) is 2.20. The van der Waals surface area contributed by atoms with Crippen molar-refractivity contribution in [3.8, 4) is 17.2 Å². The first kappa shape index (κ1) is 21.1. The van der Waals surface area contributed by atoms with Crippen LogP contribution in [-0.4, -0.2) is 32.5 Å². The fraction of sp³-hybridized carbons (Fsp3) is 0.278. The maximum atomic E-state index is 12.3. The molecule has 0 aliphatic rings. The molecule has 0 spiro atoms. The molecule has 0 aliphatic carbocycles. The summed E-state index contributed by atoms with van der Waals surface area (Å²) < 4.78 is 39.2. The summed E-state index contributed by atoms with van der Waals surface area (Å²) in [4.78, 5) is 12.0. The van der Waals surface area contributed by atoms with E-state index in [0.717, 1.165) is 5.56 Å². The van der Waals surface area contributed by atoms with E-state index in [0.29, 0.717) is 22.2 Å². The van der Waals surface area contributed by atoms with Crippen LogP contribution in [0.25, 0.3) is 0 Å². The van der Waals surface area contributed by atoms with E-state index in [1.54, 1.807) is 30.3 Å². The molecule has 0 aromatic heterocycles. The van der Waals surface area contributed by atoms with Crippen molar-refractivity contribution in [3.05, 3.63) is 47.0 Å². The van der Waals surface area contributed by atoms with Crippen LogP contribution in [0.4, 0.5) is 14.5 Å². The van der Waals surface area contributed by atoms with E-state index < -0.39 is 6.61 Å². The van der Waals surface area contributed by atoms with E-state index in [9.17, 15) is 13.6 Å². The van der Waals surface area contributed by atoms with Gasteiger partial charge in [-0.3, -0.25) is 4.79 Å². The average molecular weight is 418 g/mol. The lowest BCUT2D eigenvalue weighted by atomic mass is 10.2. The molecule has 0 aliphatic heterocycles. The number of halogens is 3. The number of alkyl halides is 2. The smallest absolute Gasteiger partial charge is 0.387 e. The van der Waals surface area contributed by atoms with Crippen molar-refractivity contribution in [3.63, 3.8) is 0 Å². The molecule has 0 saturated carbocycles.